The summed E-state index contributed by atoms with van der Waals surface area (Å²) in [7, 11) is 1.40. The lowest BCUT2D eigenvalue weighted by Crippen LogP contribution is -2.07. The molecule has 0 bridgehead atoms. The smallest absolute Gasteiger partial charge is 0.337 e. The third-order valence-corrected chi connectivity index (χ3v) is 4.97. The summed E-state index contributed by atoms with van der Waals surface area (Å²) in [6.07, 6.45) is 2.70. The van der Waals surface area contributed by atoms with E-state index in [4.69, 9.17) is 4.74 Å². The predicted octanol–water partition coefficient (Wildman–Crippen LogP) is 4.72. The Morgan fingerprint density at radius 3 is 2.12 bits per heavy atom. The van der Waals surface area contributed by atoms with Crippen molar-refractivity contribution in [3.8, 4) is 22.3 Å². The molecule has 3 aromatic rings. The summed E-state index contributed by atoms with van der Waals surface area (Å²) < 4.78 is 4.82. The molecule has 26 heavy (non-hydrogen) atoms. The van der Waals surface area contributed by atoms with Crippen molar-refractivity contribution < 1.29 is 14.3 Å². The molecule has 0 aromatic heterocycles. The Labute approximate surface area is 152 Å². The molecule has 0 saturated heterocycles. The highest BCUT2D eigenvalue weighted by molar-refractivity contribution is 5.91. The fourth-order valence-corrected chi connectivity index (χ4v) is 3.57. The van der Waals surface area contributed by atoms with Crippen LogP contribution in [0.15, 0.2) is 60.7 Å². The Bertz CT molecular complexity index is 1000. The van der Waals surface area contributed by atoms with Gasteiger partial charge in [-0.2, -0.15) is 0 Å². The normalized spacial score (nSPS) is 12.0. The monoisotopic (exact) mass is 342 g/mol. The lowest BCUT2D eigenvalue weighted by molar-refractivity contribution is 0.0600. The van der Waals surface area contributed by atoms with Crippen LogP contribution in [0.25, 0.3) is 22.3 Å². The van der Waals surface area contributed by atoms with Gasteiger partial charge in [0, 0.05) is 5.56 Å². The minimum Gasteiger partial charge on any atom is -0.465 e. The molecule has 0 saturated carbocycles. The van der Waals surface area contributed by atoms with E-state index in [0.29, 0.717) is 11.1 Å². The van der Waals surface area contributed by atoms with E-state index in [1.165, 1.54) is 29.4 Å². The molecule has 0 radical (unpaired) electrons. The zero-order valence-corrected chi connectivity index (χ0v) is 14.5. The summed E-state index contributed by atoms with van der Waals surface area (Å²) >= 11 is 0. The molecule has 3 nitrogen and oxygen atoms in total. The van der Waals surface area contributed by atoms with Crippen LogP contribution in [0.3, 0.4) is 0 Å². The molecule has 128 valence electrons. The van der Waals surface area contributed by atoms with Crippen LogP contribution in [0.2, 0.25) is 0 Å². The summed E-state index contributed by atoms with van der Waals surface area (Å²) in [5.41, 5.74) is 8.42. The first kappa shape index (κ1) is 16.3. The Hall–Kier alpha value is -3.20. The van der Waals surface area contributed by atoms with Gasteiger partial charge >= 0.3 is 5.97 Å². The van der Waals surface area contributed by atoms with Crippen molar-refractivity contribution in [2.75, 3.05) is 7.11 Å². The summed E-state index contributed by atoms with van der Waals surface area (Å²) in [6, 6.07) is 19.9. The summed E-state index contributed by atoms with van der Waals surface area (Å²) in [5.74, 6) is -0.298. The molecule has 0 heterocycles. The van der Waals surface area contributed by atoms with Gasteiger partial charge in [0.25, 0.3) is 0 Å². The average molecular weight is 342 g/mol. The molecule has 3 heteroatoms. The van der Waals surface area contributed by atoms with Crippen LogP contribution in [0.1, 0.15) is 31.8 Å². The van der Waals surface area contributed by atoms with Crippen LogP contribution in [-0.4, -0.2) is 19.4 Å². The van der Waals surface area contributed by atoms with E-state index >= 15 is 0 Å². The van der Waals surface area contributed by atoms with E-state index in [1.807, 2.05) is 42.5 Å². The van der Waals surface area contributed by atoms with Gasteiger partial charge in [-0.3, -0.25) is 4.79 Å². The zero-order chi connectivity index (χ0) is 18.1. The molecule has 3 aromatic carbocycles. The molecular formula is C23H18O3. The number of fused-ring (bicyclic) bond motifs is 3. The second-order valence-electron chi connectivity index (χ2n) is 6.48. The van der Waals surface area contributed by atoms with Crippen molar-refractivity contribution in [1.29, 1.82) is 0 Å². The topological polar surface area (TPSA) is 43.4 Å². The molecule has 0 N–H and O–H groups in total. The molecule has 4 rings (SSSR count). The summed E-state index contributed by atoms with van der Waals surface area (Å²) in [6.45, 7) is 0. The average Bonchev–Trinajstić information content (AvgIpc) is 2.72. The van der Waals surface area contributed by atoms with E-state index in [1.54, 1.807) is 0 Å². The first-order chi connectivity index (χ1) is 12.7. The van der Waals surface area contributed by atoms with Crippen molar-refractivity contribution in [3.05, 3.63) is 82.9 Å². The molecule has 0 fully saturated rings. The van der Waals surface area contributed by atoms with Gasteiger partial charge in [-0.05, 0) is 58.4 Å². The van der Waals surface area contributed by atoms with Crippen LogP contribution in [-0.2, 0) is 17.6 Å². The van der Waals surface area contributed by atoms with Gasteiger partial charge in [0.2, 0.25) is 0 Å². The van der Waals surface area contributed by atoms with Crippen molar-refractivity contribution in [1.82, 2.24) is 0 Å². The highest BCUT2D eigenvalue weighted by Gasteiger charge is 2.18. The predicted molar refractivity (Wildman–Crippen MR) is 101 cm³/mol. The van der Waals surface area contributed by atoms with Crippen molar-refractivity contribution in [2.45, 2.75) is 12.8 Å². The number of methoxy groups -OCH3 is 1. The highest BCUT2D eigenvalue weighted by atomic mass is 16.5. The van der Waals surface area contributed by atoms with Gasteiger partial charge in [-0.1, -0.05) is 48.5 Å². The standard InChI is InChI=1S/C23H18O3/c1-26-23(25)20-9-11-22-19(13-20)7-6-18-12-17(8-10-21(18)22)16-4-2-15(14-24)3-5-16/h2-5,8-14H,6-7H2,1H3. The third-order valence-electron chi connectivity index (χ3n) is 4.97. The maximum absolute atomic E-state index is 11.7. The quantitative estimate of drug-likeness (QED) is 0.511. The fourth-order valence-electron chi connectivity index (χ4n) is 3.57. The Morgan fingerprint density at radius 2 is 1.46 bits per heavy atom. The Balaban J connectivity index is 1.72. The van der Waals surface area contributed by atoms with Crippen molar-refractivity contribution >= 4 is 12.3 Å². The minimum absolute atomic E-state index is 0.298. The second kappa shape index (κ2) is 6.60. The zero-order valence-electron chi connectivity index (χ0n) is 14.5. The van der Waals surface area contributed by atoms with Gasteiger partial charge in [-0.25, -0.2) is 4.79 Å². The number of rotatable bonds is 3. The first-order valence-corrected chi connectivity index (χ1v) is 8.60. The molecule has 1 aliphatic carbocycles. The number of benzene rings is 3. The van der Waals surface area contributed by atoms with E-state index in [-0.39, 0.29) is 5.97 Å². The fraction of sp³-hybridized carbons (Fsp3) is 0.130. The summed E-state index contributed by atoms with van der Waals surface area (Å²) in [4.78, 5) is 22.6. The van der Waals surface area contributed by atoms with E-state index < -0.39 is 0 Å². The maximum atomic E-state index is 11.7. The highest BCUT2D eigenvalue weighted by Crippen LogP contribution is 2.36. The van der Waals surface area contributed by atoms with Crippen LogP contribution in [0, 0.1) is 0 Å². The molecular weight excluding hydrogens is 324 g/mol. The van der Waals surface area contributed by atoms with Gasteiger partial charge in [-0.15, -0.1) is 0 Å². The number of aldehydes is 1. The Kier molecular flexibility index (Phi) is 4.13. The van der Waals surface area contributed by atoms with Crippen LogP contribution < -0.4 is 0 Å². The van der Waals surface area contributed by atoms with Crippen molar-refractivity contribution in [2.24, 2.45) is 0 Å². The van der Waals surface area contributed by atoms with Gasteiger partial charge in [0.15, 0.2) is 0 Å². The first-order valence-electron chi connectivity index (χ1n) is 8.60. The molecule has 0 spiro atoms. The van der Waals surface area contributed by atoms with Crippen molar-refractivity contribution in [3.63, 3.8) is 0 Å². The van der Waals surface area contributed by atoms with Crippen LogP contribution >= 0.6 is 0 Å². The van der Waals surface area contributed by atoms with E-state index in [0.717, 1.165) is 30.3 Å². The van der Waals surface area contributed by atoms with Crippen LogP contribution in [0.4, 0.5) is 0 Å². The number of esters is 1. The lowest BCUT2D eigenvalue weighted by atomic mass is 9.83. The maximum Gasteiger partial charge on any atom is 0.337 e. The lowest BCUT2D eigenvalue weighted by Gasteiger charge is -2.21. The molecule has 0 atom stereocenters. The van der Waals surface area contributed by atoms with E-state index in [9.17, 15) is 9.59 Å². The number of aryl methyl sites for hydroxylation is 2. The second-order valence-corrected chi connectivity index (χ2v) is 6.48. The largest absolute Gasteiger partial charge is 0.465 e. The number of carbonyl (C=O) groups excluding carboxylic acids is 2. The number of hydrogen-bond donors (Lipinski definition) is 0. The molecule has 0 aliphatic heterocycles. The van der Waals surface area contributed by atoms with E-state index in [2.05, 4.69) is 18.2 Å². The van der Waals surface area contributed by atoms with Gasteiger partial charge in [0.1, 0.15) is 6.29 Å². The minimum atomic E-state index is -0.298. The van der Waals surface area contributed by atoms with Crippen LogP contribution in [0.5, 0.6) is 0 Å². The van der Waals surface area contributed by atoms with Gasteiger partial charge < -0.3 is 4.74 Å². The Morgan fingerprint density at radius 1 is 0.846 bits per heavy atom. The third kappa shape index (κ3) is 2.82. The number of hydrogen-bond acceptors (Lipinski definition) is 3. The molecule has 0 amide bonds. The summed E-state index contributed by atoms with van der Waals surface area (Å²) in [5, 5.41) is 0. The van der Waals surface area contributed by atoms with Gasteiger partial charge in [0.05, 0.1) is 12.7 Å². The number of carbonyl (C=O) groups is 2. The SMILES string of the molecule is COC(=O)c1ccc2c(c1)CCc1cc(-c3ccc(C=O)cc3)ccc1-2. The number of ether oxygens (including phenoxy) is 1. The molecule has 1 aliphatic rings. The molecule has 0 unspecified atom stereocenters.